The fourth-order valence-corrected chi connectivity index (χ4v) is 1.77. The lowest BCUT2D eigenvalue weighted by molar-refractivity contribution is 0.102. The largest absolute Gasteiger partial charge is 0.508 e. The van der Waals surface area contributed by atoms with E-state index in [9.17, 15) is 15.0 Å². The van der Waals surface area contributed by atoms with Crippen molar-refractivity contribution in [2.24, 2.45) is 5.73 Å². The highest BCUT2D eigenvalue weighted by Gasteiger charge is 2.13. The third-order valence-corrected chi connectivity index (χ3v) is 2.74. The first-order valence-corrected chi connectivity index (χ1v) is 6.37. The Morgan fingerprint density at radius 3 is 2.67 bits per heavy atom. The molecule has 2 aromatic rings. The fraction of sp³-hybridized carbons (Fsp3) is 0.133. The van der Waals surface area contributed by atoms with Gasteiger partial charge in [-0.1, -0.05) is 12.1 Å². The van der Waals surface area contributed by atoms with E-state index in [2.05, 4.69) is 5.32 Å². The standard InChI is InChI=1S/C15H16N2O4/c16-7-8-21-14-4-2-1-3-12(14)17-15(20)11-6-5-10(18)9-13(11)19/h1-6,9,18-19H,7-8,16H2,(H,17,20). The molecule has 0 heterocycles. The number of anilines is 1. The number of nitrogens with one attached hydrogen (secondary N) is 1. The number of aromatic hydroxyl groups is 2. The highest BCUT2D eigenvalue weighted by atomic mass is 16.5. The molecule has 0 aliphatic rings. The molecule has 2 rings (SSSR count). The van der Waals surface area contributed by atoms with Gasteiger partial charge < -0.3 is 26.0 Å². The van der Waals surface area contributed by atoms with Crippen LogP contribution in [0.1, 0.15) is 10.4 Å². The lowest BCUT2D eigenvalue weighted by Gasteiger charge is -2.12. The smallest absolute Gasteiger partial charge is 0.259 e. The number of ether oxygens (including phenoxy) is 1. The molecule has 0 aliphatic carbocycles. The number of hydrogen-bond donors (Lipinski definition) is 4. The summed E-state index contributed by atoms with van der Waals surface area (Å²) in [7, 11) is 0. The number of amides is 1. The normalized spacial score (nSPS) is 10.1. The minimum absolute atomic E-state index is 0.0569. The van der Waals surface area contributed by atoms with E-state index in [1.165, 1.54) is 12.1 Å². The summed E-state index contributed by atoms with van der Waals surface area (Å²) in [5.41, 5.74) is 5.92. The first-order valence-electron chi connectivity index (χ1n) is 6.37. The molecule has 21 heavy (non-hydrogen) atoms. The zero-order valence-corrected chi connectivity index (χ0v) is 11.2. The van der Waals surface area contributed by atoms with Crippen molar-refractivity contribution < 1.29 is 19.7 Å². The zero-order chi connectivity index (χ0) is 15.2. The van der Waals surface area contributed by atoms with Crippen LogP contribution >= 0.6 is 0 Å². The predicted molar refractivity (Wildman–Crippen MR) is 78.7 cm³/mol. The molecule has 0 saturated heterocycles. The average molecular weight is 288 g/mol. The van der Waals surface area contributed by atoms with Crippen LogP contribution in [0.2, 0.25) is 0 Å². The lowest BCUT2D eigenvalue weighted by Crippen LogP contribution is -2.15. The second kappa shape index (κ2) is 6.62. The first-order chi connectivity index (χ1) is 10.1. The molecule has 110 valence electrons. The van der Waals surface area contributed by atoms with Crippen LogP contribution in [-0.4, -0.2) is 29.3 Å². The minimum Gasteiger partial charge on any atom is -0.508 e. The third kappa shape index (κ3) is 3.64. The molecular formula is C15H16N2O4. The topological polar surface area (TPSA) is 105 Å². The maximum absolute atomic E-state index is 12.1. The second-order valence-corrected chi connectivity index (χ2v) is 4.29. The van der Waals surface area contributed by atoms with Crippen molar-refractivity contribution in [3.63, 3.8) is 0 Å². The van der Waals surface area contributed by atoms with Gasteiger partial charge in [0.05, 0.1) is 11.3 Å². The summed E-state index contributed by atoms with van der Waals surface area (Å²) in [5.74, 6) is -0.422. The molecule has 2 aromatic carbocycles. The van der Waals surface area contributed by atoms with Gasteiger partial charge in [0.2, 0.25) is 0 Å². The summed E-state index contributed by atoms with van der Waals surface area (Å²) in [4.78, 5) is 12.1. The molecule has 0 spiro atoms. The van der Waals surface area contributed by atoms with E-state index in [1.54, 1.807) is 24.3 Å². The number of phenolic OH excluding ortho intramolecular Hbond substituents is 2. The van der Waals surface area contributed by atoms with Gasteiger partial charge in [0.25, 0.3) is 5.91 Å². The van der Waals surface area contributed by atoms with Crippen LogP contribution in [0.25, 0.3) is 0 Å². The van der Waals surface area contributed by atoms with E-state index >= 15 is 0 Å². The molecule has 0 saturated carbocycles. The Hall–Kier alpha value is -2.73. The summed E-state index contributed by atoms with van der Waals surface area (Å²) >= 11 is 0. The summed E-state index contributed by atoms with van der Waals surface area (Å²) < 4.78 is 5.43. The van der Waals surface area contributed by atoms with Crippen LogP contribution in [0, 0.1) is 0 Å². The molecule has 0 radical (unpaired) electrons. The molecule has 0 bridgehead atoms. The Kier molecular flexibility index (Phi) is 4.63. The fourth-order valence-electron chi connectivity index (χ4n) is 1.77. The van der Waals surface area contributed by atoms with Crippen LogP contribution in [0.3, 0.4) is 0 Å². The van der Waals surface area contributed by atoms with Gasteiger partial charge in [-0.15, -0.1) is 0 Å². The predicted octanol–water partition coefficient (Wildman–Crippen LogP) is 1.69. The van der Waals surface area contributed by atoms with E-state index in [0.29, 0.717) is 24.6 Å². The summed E-state index contributed by atoms with van der Waals surface area (Å²) in [6, 6.07) is 10.7. The Bertz CT molecular complexity index is 643. The molecule has 0 aliphatic heterocycles. The monoisotopic (exact) mass is 288 g/mol. The Labute approximate surface area is 121 Å². The Morgan fingerprint density at radius 2 is 1.95 bits per heavy atom. The second-order valence-electron chi connectivity index (χ2n) is 4.29. The molecule has 0 atom stereocenters. The molecule has 6 nitrogen and oxygen atoms in total. The highest BCUT2D eigenvalue weighted by molar-refractivity contribution is 6.06. The van der Waals surface area contributed by atoms with E-state index in [0.717, 1.165) is 6.07 Å². The van der Waals surface area contributed by atoms with E-state index in [4.69, 9.17) is 10.5 Å². The van der Waals surface area contributed by atoms with Crippen LogP contribution in [0.5, 0.6) is 17.2 Å². The number of rotatable bonds is 5. The van der Waals surface area contributed by atoms with Crippen molar-refractivity contribution in [2.45, 2.75) is 0 Å². The number of carbonyl (C=O) groups excluding carboxylic acids is 1. The van der Waals surface area contributed by atoms with Crippen LogP contribution < -0.4 is 15.8 Å². The number of phenols is 2. The molecule has 1 amide bonds. The highest BCUT2D eigenvalue weighted by Crippen LogP contribution is 2.27. The van der Waals surface area contributed by atoms with Gasteiger partial charge in [0, 0.05) is 12.6 Å². The van der Waals surface area contributed by atoms with Crippen LogP contribution in [-0.2, 0) is 0 Å². The number of para-hydroxylation sites is 2. The quantitative estimate of drug-likeness (QED) is 0.670. The Morgan fingerprint density at radius 1 is 1.19 bits per heavy atom. The summed E-state index contributed by atoms with van der Waals surface area (Å²) in [6.45, 7) is 0.693. The van der Waals surface area contributed by atoms with Crippen LogP contribution in [0.4, 0.5) is 5.69 Å². The third-order valence-electron chi connectivity index (χ3n) is 2.74. The number of hydrogen-bond acceptors (Lipinski definition) is 5. The van der Waals surface area contributed by atoms with Crippen molar-refractivity contribution in [1.82, 2.24) is 0 Å². The maximum atomic E-state index is 12.1. The molecule has 0 aromatic heterocycles. The summed E-state index contributed by atoms with van der Waals surface area (Å²) in [6.07, 6.45) is 0. The van der Waals surface area contributed by atoms with Crippen LogP contribution in [0.15, 0.2) is 42.5 Å². The van der Waals surface area contributed by atoms with Crippen molar-refractivity contribution in [2.75, 3.05) is 18.5 Å². The Balaban J connectivity index is 2.19. The summed E-state index contributed by atoms with van der Waals surface area (Å²) in [5, 5.41) is 21.6. The van der Waals surface area contributed by atoms with E-state index in [-0.39, 0.29) is 17.1 Å². The van der Waals surface area contributed by atoms with E-state index < -0.39 is 5.91 Å². The maximum Gasteiger partial charge on any atom is 0.259 e. The number of benzene rings is 2. The lowest BCUT2D eigenvalue weighted by atomic mass is 10.1. The van der Waals surface area contributed by atoms with Gasteiger partial charge in [-0.05, 0) is 24.3 Å². The van der Waals surface area contributed by atoms with E-state index in [1.807, 2.05) is 0 Å². The van der Waals surface area contributed by atoms with Crippen molar-refractivity contribution in [3.8, 4) is 17.2 Å². The number of nitrogens with two attached hydrogens (primary N) is 1. The molecule has 0 unspecified atom stereocenters. The number of carbonyl (C=O) groups is 1. The molecular weight excluding hydrogens is 272 g/mol. The minimum atomic E-state index is -0.503. The molecule has 6 heteroatoms. The molecule has 5 N–H and O–H groups in total. The average Bonchev–Trinajstić information content (AvgIpc) is 2.46. The van der Waals surface area contributed by atoms with Gasteiger partial charge >= 0.3 is 0 Å². The van der Waals surface area contributed by atoms with Gasteiger partial charge in [-0.2, -0.15) is 0 Å². The van der Waals surface area contributed by atoms with Gasteiger partial charge in [0.15, 0.2) is 0 Å². The van der Waals surface area contributed by atoms with Crippen molar-refractivity contribution in [1.29, 1.82) is 0 Å². The van der Waals surface area contributed by atoms with Gasteiger partial charge in [-0.25, -0.2) is 0 Å². The van der Waals surface area contributed by atoms with Gasteiger partial charge in [0.1, 0.15) is 23.9 Å². The molecule has 0 fully saturated rings. The SMILES string of the molecule is NCCOc1ccccc1NC(=O)c1ccc(O)cc1O. The zero-order valence-electron chi connectivity index (χ0n) is 11.2. The van der Waals surface area contributed by atoms with Crippen molar-refractivity contribution >= 4 is 11.6 Å². The van der Waals surface area contributed by atoms with Gasteiger partial charge in [-0.3, -0.25) is 4.79 Å². The van der Waals surface area contributed by atoms with Crippen molar-refractivity contribution in [3.05, 3.63) is 48.0 Å². The first kappa shape index (κ1) is 14.7.